The van der Waals surface area contributed by atoms with E-state index in [9.17, 15) is 4.79 Å². The average molecular weight is 300 g/mol. The zero-order valence-corrected chi connectivity index (χ0v) is 12.2. The van der Waals surface area contributed by atoms with Gasteiger partial charge in [-0.3, -0.25) is 4.79 Å². The molecule has 1 aliphatic carbocycles. The third kappa shape index (κ3) is 3.20. The van der Waals surface area contributed by atoms with Gasteiger partial charge in [0, 0.05) is 29.5 Å². The molecule has 108 valence electrons. The molecule has 1 aromatic heterocycles. The van der Waals surface area contributed by atoms with Gasteiger partial charge in [-0.15, -0.1) is 11.3 Å². The van der Waals surface area contributed by atoms with Gasteiger partial charge in [0.1, 0.15) is 10.7 Å². The number of amides is 1. The third-order valence-electron chi connectivity index (χ3n) is 3.48. The highest BCUT2D eigenvalue weighted by atomic mass is 32.1. The maximum Gasteiger partial charge on any atom is 0.271 e. The molecule has 1 heterocycles. The number of rotatable bonds is 4. The zero-order valence-electron chi connectivity index (χ0n) is 11.4. The van der Waals surface area contributed by atoms with Crippen molar-refractivity contribution in [3.05, 3.63) is 53.6 Å². The SMILES string of the molecule is O=C(N[C@@H]1C=C[C@H](CO)C1)c1csc(-c2ccccc2)n1. The van der Waals surface area contributed by atoms with Crippen LogP contribution in [-0.2, 0) is 0 Å². The van der Waals surface area contributed by atoms with Gasteiger partial charge in [-0.2, -0.15) is 0 Å². The molecule has 0 aliphatic heterocycles. The van der Waals surface area contributed by atoms with Crippen molar-refractivity contribution in [3.8, 4) is 10.6 Å². The number of hydrogen-bond donors (Lipinski definition) is 2. The van der Waals surface area contributed by atoms with E-state index in [1.807, 2.05) is 42.5 Å². The minimum Gasteiger partial charge on any atom is -0.396 e. The number of nitrogens with one attached hydrogen (secondary N) is 1. The summed E-state index contributed by atoms with van der Waals surface area (Å²) in [7, 11) is 0. The predicted molar refractivity (Wildman–Crippen MR) is 83.1 cm³/mol. The Morgan fingerprint density at radius 2 is 2.14 bits per heavy atom. The Bertz CT molecular complexity index is 651. The molecule has 1 aliphatic rings. The number of aliphatic hydroxyl groups excluding tert-OH is 1. The van der Waals surface area contributed by atoms with Crippen molar-refractivity contribution < 1.29 is 9.90 Å². The van der Waals surface area contributed by atoms with Gasteiger partial charge in [-0.05, 0) is 6.42 Å². The minimum absolute atomic E-state index is 0.0171. The molecule has 3 rings (SSSR count). The highest BCUT2D eigenvalue weighted by Gasteiger charge is 2.21. The van der Waals surface area contributed by atoms with Crippen LogP contribution < -0.4 is 5.32 Å². The average Bonchev–Trinajstić information content (AvgIpc) is 3.17. The lowest BCUT2D eigenvalue weighted by Crippen LogP contribution is -2.33. The van der Waals surface area contributed by atoms with Crippen LogP contribution in [0.4, 0.5) is 0 Å². The molecule has 5 heteroatoms. The Labute approximate surface area is 127 Å². The third-order valence-corrected chi connectivity index (χ3v) is 4.37. The van der Waals surface area contributed by atoms with E-state index in [4.69, 9.17) is 5.11 Å². The second kappa shape index (κ2) is 6.20. The molecule has 0 spiro atoms. The number of aliphatic hydroxyl groups is 1. The molecule has 1 aromatic carbocycles. The second-order valence-electron chi connectivity index (χ2n) is 5.05. The van der Waals surface area contributed by atoms with Crippen LogP contribution in [0.15, 0.2) is 47.9 Å². The molecule has 0 radical (unpaired) electrons. The summed E-state index contributed by atoms with van der Waals surface area (Å²) in [5, 5.41) is 14.6. The van der Waals surface area contributed by atoms with E-state index in [2.05, 4.69) is 10.3 Å². The molecular weight excluding hydrogens is 284 g/mol. The smallest absolute Gasteiger partial charge is 0.271 e. The number of nitrogens with zero attached hydrogens (tertiary/aromatic N) is 1. The number of carbonyl (C=O) groups is 1. The van der Waals surface area contributed by atoms with Gasteiger partial charge in [0.15, 0.2) is 0 Å². The molecule has 2 aromatic rings. The van der Waals surface area contributed by atoms with E-state index in [0.29, 0.717) is 5.69 Å². The second-order valence-corrected chi connectivity index (χ2v) is 5.91. The molecule has 21 heavy (non-hydrogen) atoms. The first-order valence-electron chi connectivity index (χ1n) is 6.87. The monoisotopic (exact) mass is 300 g/mol. The van der Waals surface area contributed by atoms with E-state index in [0.717, 1.165) is 17.0 Å². The molecule has 2 N–H and O–H groups in total. The maximum atomic E-state index is 12.2. The summed E-state index contributed by atoms with van der Waals surface area (Å²) >= 11 is 1.46. The molecular formula is C16H16N2O2S. The minimum atomic E-state index is -0.165. The van der Waals surface area contributed by atoms with Crippen LogP contribution in [0.25, 0.3) is 10.6 Å². The fraction of sp³-hybridized carbons (Fsp3) is 0.250. The summed E-state index contributed by atoms with van der Waals surface area (Å²) in [6.07, 6.45) is 4.63. The van der Waals surface area contributed by atoms with Crippen LogP contribution in [0, 0.1) is 5.92 Å². The lowest BCUT2D eigenvalue weighted by molar-refractivity contribution is 0.0937. The first-order valence-corrected chi connectivity index (χ1v) is 7.75. The summed E-state index contributed by atoms with van der Waals surface area (Å²) < 4.78 is 0. The van der Waals surface area contributed by atoms with Crippen LogP contribution in [0.3, 0.4) is 0 Å². The number of hydrogen-bond acceptors (Lipinski definition) is 4. The summed E-state index contributed by atoms with van der Waals surface area (Å²) in [4.78, 5) is 16.6. The zero-order chi connectivity index (χ0) is 14.7. The Hall–Kier alpha value is -1.98. The van der Waals surface area contributed by atoms with E-state index >= 15 is 0 Å². The lowest BCUT2D eigenvalue weighted by Gasteiger charge is -2.11. The van der Waals surface area contributed by atoms with Crippen LogP contribution in [-0.4, -0.2) is 28.6 Å². The number of thiazole rings is 1. The predicted octanol–water partition coefficient (Wildman–Crippen LogP) is 2.48. The largest absolute Gasteiger partial charge is 0.396 e. The van der Waals surface area contributed by atoms with Crippen molar-refractivity contribution >= 4 is 17.2 Å². The van der Waals surface area contributed by atoms with Crippen LogP contribution in [0.5, 0.6) is 0 Å². The van der Waals surface area contributed by atoms with Crippen LogP contribution >= 0.6 is 11.3 Å². The van der Waals surface area contributed by atoms with Gasteiger partial charge in [-0.1, -0.05) is 42.5 Å². The molecule has 1 amide bonds. The Morgan fingerprint density at radius 3 is 2.86 bits per heavy atom. The van der Waals surface area contributed by atoms with Gasteiger partial charge < -0.3 is 10.4 Å². The van der Waals surface area contributed by atoms with Gasteiger partial charge in [0.2, 0.25) is 0 Å². The topological polar surface area (TPSA) is 62.2 Å². The van der Waals surface area contributed by atoms with E-state index < -0.39 is 0 Å². The van der Waals surface area contributed by atoms with Crippen LogP contribution in [0.1, 0.15) is 16.9 Å². The van der Waals surface area contributed by atoms with Crippen molar-refractivity contribution in [1.29, 1.82) is 0 Å². The molecule has 0 unspecified atom stereocenters. The molecule has 4 nitrogen and oxygen atoms in total. The normalized spacial score (nSPS) is 20.6. The highest BCUT2D eigenvalue weighted by Crippen LogP contribution is 2.23. The van der Waals surface area contributed by atoms with Crippen LogP contribution in [0.2, 0.25) is 0 Å². The molecule has 0 saturated carbocycles. The van der Waals surface area contributed by atoms with Gasteiger partial charge in [0.25, 0.3) is 5.91 Å². The molecule has 0 saturated heterocycles. The molecule has 0 fully saturated rings. The fourth-order valence-electron chi connectivity index (χ4n) is 2.35. The van der Waals surface area contributed by atoms with Crippen molar-refractivity contribution in [2.45, 2.75) is 12.5 Å². The summed E-state index contributed by atoms with van der Waals surface area (Å²) in [6.45, 7) is 0.123. The van der Waals surface area contributed by atoms with Gasteiger partial charge in [-0.25, -0.2) is 4.98 Å². The highest BCUT2D eigenvalue weighted by molar-refractivity contribution is 7.13. The van der Waals surface area contributed by atoms with Crippen molar-refractivity contribution in [3.63, 3.8) is 0 Å². The number of benzene rings is 1. The maximum absolute atomic E-state index is 12.2. The Balaban J connectivity index is 1.66. The Morgan fingerprint density at radius 1 is 1.33 bits per heavy atom. The molecule has 2 atom stereocenters. The van der Waals surface area contributed by atoms with E-state index in [1.165, 1.54) is 11.3 Å². The fourth-order valence-corrected chi connectivity index (χ4v) is 3.16. The van der Waals surface area contributed by atoms with Crippen molar-refractivity contribution in [2.24, 2.45) is 5.92 Å². The first kappa shape index (κ1) is 14.0. The summed E-state index contributed by atoms with van der Waals surface area (Å²) in [6, 6.07) is 9.80. The van der Waals surface area contributed by atoms with Crippen molar-refractivity contribution in [1.82, 2.24) is 10.3 Å². The first-order chi connectivity index (χ1) is 10.3. The molecule has 0 bridgehead atoms. The number of carbonyl (C=O) groups excluding carboxylic acids is 1. The quantitative estimate of drug-likeness (QED) is 0.853. The van der Waals surface area contributed by atoms with E-state index in [-0.39, 0.29) is 24.5 Å². The van der Waals surface area contributed by atoms with E-state index in [1.54, 1.807) is 5.38 Å². The standard InChI is InChI=1S/C16H16N2O2S/c19-9-11-6-7-13(8-11)17-15(20)14-10-21-16(18-14)12-4-2-1-3-5-12/h1-7,10-11,13,19H,8-9H2,(H,17,20)/t11-,13+/m0/s1. The lowest BCUT2D eigenvalue weighted by atomic mass is 10.1. The van der Waals surface area contributed by atoms with Gasteiger partial charge >= 0.3 is 0 Å². The summed E-state index contributed by atoms with van der Waals surface area (Å²) in [5.41, 5.74) is 1.46. The van der Waals surface area contributed by atoms with Gasteiger partial charge in [0.05, 0.1) is 0 Å². The number of aromatic nitrogens is 1. The Kier molecular flexibility index (Phi) is 4.13. The van der Waals surface area contributed by atoms with Crippen molar-refractivity contribution in [2.75, 3.05) is 6.61 Å². The summed E-state index contributed by atoms with van der Waals surface area (Å²) in [5.74, 6) is -0.0210.